The van der Waals surface area contributed by atoms with Crippen LogP contribution >= 0.6 is 0 Å². The highest BCUT2D eigenvalue weighted by molar-refractivity contribution is 5.94. The van der Waals surface area contributed by atoms with Gasteiger partial charge in [0.05, 0.1) is 11.6 Å². The van der Waals surface area contributed by atoms with E-state index in [2.05, 4.69) is 33.9 Å². The van der Waals surface area contributed by atoms with Crippen LogP contribution in [-0.2, 0) is 4.79 Å². The van der Waals surface area contributed by atoms with Crippen molar-refractivity contribution in [3.8, 4) is 0 Å². The Bertz CT molecular complexity index is 1000. The van der Waals surface area contributed by atoms with Crippen molar-refractivity contribution in [1.82, 2.24) is 20.1 Å². The third-order valence-corrected chi connectivity index (χ3v) is 5.72. The molecule has 2 unspecified atom stereocenters. The van der Waals surface area contributed by atoms with Gasteiger partial charge in [0.25, 0.3) is 5.91 Å². The molecule has 0 spiro atoms. The maximum absolute atomic E-state index is 13.1. The van der Waals surface area contributed by atoms with Gasteiger partial charge in [-0.25, -0.2) is 0 Å². The predicted molar refractivity (Wildman–Crippen MR) is 143 cm³/mol. The van der Waals surface area contributed by atoms with Crippen LogP contribution in [0, 0.1) is 0 Å². The number of hydrogen-bond acceptors (Lipinski definition) is 4. The zero-order valence-corrected chi connectivity index (χ0v) is 21.4. The van der Waals surface area contributed by atoms with Gasteiger partial charge in [-0.15, -0.1) is 0 Å². The number of nitrogens with one attached hydrogen (secondary N) is 1. The van der Waals surface area contributed by atoms with Gasteiger partial charge in [-0.05, 0) is 30.2 Å². The molecule has 0 saturated carbocycles. The van der Waals surface area contributed by atoms with Crippen LogP contribution in [0.3, 0.4) is 0 Å². The fourth-order valence-electron chi connectivity index (χ4n) is 4.14. The van der Waals surface area contributed by atoms with E-state index in [0.717, 1.165) is 11.1 Å². The molecule has 6 heteroatoms. The lowest BCUT2D eigenvalue weighted by Gasteiger charge is -2.45. The number of aromatic nitrogens is 1. The summed E-state index contributed by atoms with van der Waals surface area (Å²) in [5.74, 6) is -0.132. The molecule has 186 valence electrons. The van der Waals surface area contributed by atoms with E-state index < -0.39 is 0 Å². The summed E-state index contributed by atoms with van der Waals surface area (Å²) in [6, 6.07) is 13.7. The Hall–Kier alpha value is -3.51. The number of carbonyl (C=O) groups is 2. The first-order valence-electron chi connectivity index (χ1n) is 12.2. The van der Waals surface area contributed by atoms with Crippen LogP contribution in [0.5, 0.6) is 0 Å². The van der Waals surface area contributed by atoms with Crippen LogP contribution in [0.4, 0.5) is 0 Å². The molecule has 1 saturated heterocycles. The second kappa shape index (κ2) is 14.7. The SMILES string of the molecule is C=C(/C=C\C=C/C)C(c1ccccc1)N1CCN(C(=O)c2cccnc2)CC1CNC(C)=O.CC. The number of piperazine rings is 1. The van der Waals surface area contributed by atoms with Crippen LogP contribution in [0.25, 0.3) is 0 Å². The van der Waals surface area contributed by atoms with E-state index >= 15 is 0 Å². The summed E-state index contributed by atoms with van der Waals surface area (Å²) in [4.78, 5) is 33.1. The second-order valence-electron chi connectivity index (χ2n) is 8.09. The topological polar surface area (TPSA) is 65.5 Å². The summed E-state index contributed by atoms with van der Waals surface area (Å²) >= 11 is 0. The zero-order valence-electron chi connectivity index (χ0n) is 21.4. The lowest BCUT2D eigenvalue weighted by atomic mass is 9.94. The minimum Gasteiger partial charge on any atom is -0.355 e. The van der Waals surface area contributed by atoms with Crippen molar-refractivity contribution in [2.75, 3.05) is 26.2 Å². The molecule has 1 aliphatic rings. The third kappa shape index (κ3) is 8.04. The van der Waals surface area contributed by atoms with E-state index in [0.29, 0.717) is 31.7 Å². The van der Waals surface area contributed by atoms with E-state index in [9.17, 15) is 9.59 Å². The fourth-order valence-corrected chi connectivity index (χ4v) is 4.14. The van der Waals surface area contributed by atoms with Crippen molar-refractivity contribution in [2.45, 2.75) is 39.8 Å². The Morgan fingerprint density at radius 2 is 1.89 bits per heavy atom. The van der Waals surface area contributed by atoms with Gasteiger partial charge in [0.2, 0.25) is 5.91 Å². The number of allylic oxidation sites excluding steroid dienone is 3. The molecule has 1 fully saturated rings. The average Bonchev–Trinajstić information content (AvgIpc) is 2.90. The molecule has 1 aromatic heterocycles. The first-order chi connectivity index (χ1) is 17.0. The summed E-state index contributed by atoms with van der Waals surface area (Å²) in [6.45, 7) is 14.1. The van der Waals surface area contributed by atoms with Gasteiger partial charge in [0, 0.05) is 51.5 Å². The number of rotatable bonds is 8. The highest BCUT2D eigenvalue weighted by atomic mass is 16.2. The minimum atomic E-state index is -0.0891. The standard InChI is InChI=1S/C27H32N4O2.C2H6/c1-4-5-7-11-21(2)26(23-12-8-6-9-13-23)31-17-16-30(20-25(31)19-29-22(3)32)27(33)24-14-10-15-28-18-24;1-2/h4-15,18,25-26H,2,16-17,19-20H2,1,3H3,(H,29,32);1-2H3/b5-4-,11-7-;. The van der Waals surface area contributed by atoms with Gasteiger partial charge < -0.3 is 10.2 Å². The molecule has 1 aliphatic heterocycles. The summed E-state index contributed by atoms with van der Waals surface area (Å²) in [6.07, 6.45) is 11.2. The molecular formula is C29H38N4O2. The van der Waals surface area contributed by atoms with Crippen molar-refractivity contribution >= 4 is 11.8 Å². The first kappa shape index (κ1) is 27.7. The van der Waals surface area contributed by atoms with Crippen molar-refractivity contribution in [3.05, 3.63) is 102 Å². The molecule has 3 rings (SSSR count). The molecule has 35 heavy (non-hydrogen) atoms. The molecule has 0 bridgehead atoms. The normalized spacial score (nSPS) is 17.0. The lowest BCUT2D eigenvalue weighted by Crippen LogP contribution is -2.59. The number of nitrogens with zero attached hydrogens (tertiary/aromatic N) is 3. The third-order valence-electron chi connectivity index (χ3n) is 5.72. The Kier molecular flexibility index (Phi) is 11.6. The average molecular weight is 475 g/mol. The van der Waals surface area contributed by atoms with Gasteiger partial charge in [-0.2, -0.15) is 0 Å². The van der Waals surface area contributed by atoms with Gasteiger partial charge in [0.1, 0.15) is 0 Å². The van der Waals surface area contributed by atoms with Crippen molar-refractivity contribution < 1.29 is 9.59 Å². The summed E-state index contributed by atoms with van der Waals surface area (Å²) in [5, 5.41) is 2.95. The molecule has 2 heterocycles. The van der Waals surface area contributed by atoms with Crippen LogP contribution in [0.1, 0.15) is 49.7 Å². The molecule has 2 atom stereocenters. The summed E-state index contributed by atoms with van der Waals surface area (Å²) < 4.78 is 0. The molecular weight excluding hydrogens is 436 g/mol. The highest BCUT2D eigenvalue weighted by Gasteiger charge is 2.35. The highest BCUT2D eigenvalue weighted by Crippen LogP contribution is 2.32. The van der Waals surface area contributed by atoms with Crippen molar-refractivity contribution in [2.24, 2.45) is 0 Å². The van der Waals surface area contributed by atoms with E-state index in [4.69, 9.17) is 0 Å². The Morgan fingerprint density at radius 1 is 1.14 bits per heavy atom. The monoisotopic (exact) mass is 474 g/mol. The van der Waals surface area contributed by atoms with E-state index in [1.807, 2.05) is 68.2 Å². The molecule has 6 nitrogen and oxygen atoms in total. The fraction of sp³-hybridized carbons (Fsp3) is 0.345. The number of hydrogen-bond donors (Lipinski definition) is 1. The molecule has 0 radical (unpaired) electrons. The van der Waals surface area contributed by atoms with E-state index in [1.165, 1.54) is 6.92 Å². The van der Waals surface area contributed by atoms with Gasteiger partial charge in [-0.1, -0.05) is 75.1 Å². The van der Waals surface area contributed by atoms with Gasteiger partial charge in [0.15, 0.2) is 0 Å². The van der Waals surface area contributed by atoms with E-state index in [1.54, 1.807) is 24.5 Å². The quantitative estimate of drug-likeness (QED) is 0.558. The minimum absolute atomic E-state index is 0.0429. The maximum Gasteiger partial charge on any atom is 0.255 e. The lowest BCUT2D eigenvalue weighted by molar-refractivity contribution is -0.119. The molecule has 1 N–H and O–H groups in total. The summed E-state index contributed by atoms with van der Waals surface area (Å²) in [7, 11) is 0. The maximum atomic E-state index is 13.1. The van der Waals surface area contributed by atoms with Crippen LogP contribution in [-0.4, -0.2) is 58.8 Å². The largest absolute Gasteiger partial charge is 0.355 e. The number of amides is 2. The second-order valence-corrected chi connectivity index (χ2v) is 8.09. The van der Waals surface area contributed by atoms with E-state index in [-0.39, 0.29) is 23.9 Å². The Balaban J connectivity index is 0.00000210. The van der Waals surface area contributed by atoms with Crippen molar-refractivity contribution in [1.29, 1.82) is 0 Å². The van der Waals surface area contributed by atoms with Crippen molar-refractivity contribution in [3.63, 3.8) is 0 Å². The first-order valence-corrected chi connectivity index (χ1v) is 12.2. The molecule has 2 amide bonds. The van der Waals surface area contributed by atoms with Crippen LogP contribution < -0.4 is 5.32 Å². The van der Waals surface area contributed by atoms with Crippen LogP contribution in [0.15, 0.2) is 91.3 Å². The van der Waals surface area contributed by atoms with Gasteiger partial charge in [-0.3, -0.25) is 19.5 Å². The van der Waals surface area contributed by atoms with Crippen LogP contribution in [0.2, 0.25) is 0 Å². The molecule has 2 aromatic rings. The zero-order chi connectivity index (χ0) is 25.6. The summed E-state index contributed by atoms with van der Waals surface area (Å²) in [5.41, 5.74) is 2.66. The Morgan fingerprint density at radius 3 is 2.51 bits per heavy atom. The number of benzene rings is 1. The number of pyridine rings is 1. The smallest absolute Gasteiger partial charge is 0.255 e. The molecule has 0 aliphatic carbocycles. The molecule has 1 aromatic carbocycles. The number of carbonyl (C=O) groups excluding carboxylic acids is 2. The van der Waals surface area contributed by atoms with Gasteiger partial charge >= 0.3 is 0 Å². The predicted octanol–water partition coefficient (Wildman–Crippen LogP) is 4.80. The Labute approximate surface area is 210 Å².